The zero-order chi connectivity index (χ0) is 23.4. The lowest BCUT2D eigenvalue weighted by Crippen LogP contribution is -2.42. The van der Waals surface area contributed by atoms with Crippen LogP contribution in [-0.2, 0) is 27.4 Å². The van der Waals surface area contributed by atoms with Crippen molar-refractivity contribution in [3.05, 3.63) is 65.2 Å². The van der Waals surface area contributed by atoms with Gasteiger partial charge in [0.1, 0.15) is 0 Å². The van der Waals surface area contributed by atoms with Gasteiger partial charge < -0.3 is 5.32 Å². The highest BCUT2D eigenvalue weighted by Gasteiger charge is 2.31. The number of primary sulfonamides is 1. The predicted molar refractivity (Wildman–Crippen MR) is 114 cm³/mol. The number of likely N-dealkylation sites (tertiary alicyclic amines) is 1. The average Bonchev–Trinajstić information content (AvgIpc) is 2.73. The lowest BCUT2D eigenvalue weighted by atomic mass is 9.94. The molecule has 2 aromatic rings. The molecule has 0 saturated carbocycles. The Bertz CT molecular complexity index is 1020. The molecule has 3 rings (SSSR count). The van der Waals surface area contributed by atoms with Crippen molar-refractivity contribution in [3.8, 4) is 0 Å². The van der Waals surface area contributed by atoms with Crippen molar-refractivity contribution in [2.75, 3.05) is 19.6 Å². The second kappa shape index (κ2) is 10.0. The SMILES string of the molecule is NS(=O)(=O)c1ccc(CCNC(=O)CN2CCCCC2c2ccc(C(F)(F)F)cc2)cc1. The molecule has 1 fully saturated rings. The van der Waals surface area contributed by atoms with Crippen LogP contribution in [0.2, 0.25) is 0 Å². The van der Waals surface area contributed by atoms with Crippen LogP contribution in [0.4, 0.5) is 13.2 Å². The van der Waals surface area contributed by atoms with E-state index in [0.717, 1.165) is 42.5 Å². The monoisotopic (exact) mass is 469 g/mol. The third-order valence-electron chi connectivity index (χ3n) is 5.57. The Morgan fingerprint density at radius 2 is 1.72 bits per heavy atom. The first kappa shape index (κ1) is 24.2. The quantitative estimate of drug-likeness (QED) is 0.651. The first-order chi connectivity index (χ1) is 15.0. The van der Waals surface area contributed by atoms with E-state index in [-0.39, 0.29) is 23.4 Å². The maximum absolute atomic E-state index is 12.8. The van der Waals surface area contributed by atoms with Crippen LogP contribution in [0.1, 0.15) is 42.0 Å². The van der Waals surface area contributed by atoms with Crippen LogP contribution in [0.5, 0.6) is 0 Å². The van der Waals surface area contributed by atoms with E-state index in [1.807, 2.05) is 4.90 Å². The van der Waals surface area contributed by atoms with Crippen LogP contribution in [0, 0.1) is 0 Å². The van der Waals surface area contributed by atoms with E-state index < -0.39 is 21.8 Å². The Balaban J connectivity index is 1.53. The second-order valence-electron chi connectivity index (χ2n) is 7.89. The molecule has 1 saturated heterocycles. The number of halogens is 3. The van der Waals surface area contributed by atoms with Gasteiger partial charge in [-0.1, -0.05) is 30.7 Å². The number of carbonyl (C=O) groups excluding carboxylic acids is 1. The van der Waals surface area contributed by atoms with Crippen molar-refractivity contribution in [3.63, 3.8) is 0 Å². The molecule has 0 bridgehead atoms. The van der Waals surface area contributed by atoms with Gasteiger partial charge in [-0.15, -0.1) is 0 Å². The molecule has 1 heterocycles. The standard InChI is InChI=1S/C22H26F3N3O3S/c23-22(24,25)18-8-6-17(7-9-18)20-3-1-2-14-28(20)15-21(29)27-13-12-16-4-10-19(11-5-16)32(26,30)31/h4-11,20H,1-3,12-15H2,(H,27,29)(H2,26,30,31). The molecule has 1 aliphatic rings. The highest BCUT2D eigenvalue weighted by atomic mass is 32.2. The number of carbonyl (C=O) groups is 1. The summed E-state index contributed by atoms with van der Waals surface area (Å²) >= 11 is 0. The lowest BCUT2D eigenvalue weighted by Gasteiger charge is -2.35. The lowest BCUT2D eigenvalue weighted by molar-refractivity contribution is -0.137. The first-order valence-corrected chi connectivity index (χ1v) is 11.9. The summed E-state index contributed by atoms with van der Waals surface area (Å²) in [6.07, 6.45) is -1.17. The zero-order valence-corrected chi connectivity index (χ0v) is 18.3. The summed E-state index contributed by atoms with van der Waals surface area (Å²) in [7, 11) is -3.74. The number of nitrogens with zero attached hydrogens (tertiary/aromatic N) is 1. The highest BCUT2D eigenvalue weighted by Crippen LogP contribution is 2.34. The van der Waals surface area contributed by atoms with Gasteiger partial charge in [-0.25, -0.2) is 13.6 Å². The van der Waals surface area contributed by atoms with Crippen molar-refractivity contribution >= 4 is 15.9 Å². The van der Waals surface area contributed by atoms with Crippen molar-refractivity contribution in [1.29, 1.82) is 0 Å². The Morgan fingerprint density at radius 3 is 2.31 bits per heavy atom. The topological polar surface area (TPSA) is 92.5 Å². The zero-order valence-electron chi connectivity index (χ0n) is 17.4. The fourth-order valence-corrected chi connectivity index (χ4v) is 4.40. The van der Waals surface area contributed by atoms with Crippen LogP contribution in [0.15, 0.2) is 53.4 Å². The minimum absolute atomic E-state index is 0.0321. The Hall–Kier alpha value is -2.43. The minimum Gasteiger partial charge on any atom is -0.355 e. The number of rotatable bonds is 7. The van der Waals surface area contributed by atoms with Crippen LogP contribution in [0.25, 0.3) is 0 Å². The normalized spacial score (nSPS) is 17.8. The van der Waals surface area contributed by atoms with Crippen molar-refractivity contribution in [2.24, 2.45) is 5.14 Å². The fourth-order valence-electron chi connectivity index (χ4n) is 3.88. The Morgan fingerprint density at radius 1 is 1.06 bits per heavy atom. The average molecular weight is 470 g/mol. The molecule has 1 aliphatic heterocycles. The Labute approximate surface area is 185 Å². The van der Waals surface area contributed by atoms with Gasteiger partial charge in [0.15, 0.2) is 0 Å². The summed E-state index contributed by atoms with van der Waals surface area (Å²) < 4.78 is 61.1. The first-order valence-electron chi connectivity index (χ1n) is 10.3. The Kier molecular flexibility index (Phi) is 7.58. The molecule has 0 radical (unpaired) electrons. The van der Waals surface area contributed by atoms with E-state index in [9.17, 15) is 26.4 Å². The van der Waals surface area contributed by atoms with Gasteiger partial charge in [0.25, 0.3) is 0 Å². The number of nitrogens with one attached hydrogen (secondary N) is 1. The van der Waals surface area contributed by atoms with Gasteiger partial charge >= 0.3 is 6.18 Å². The summed E-state index contributed by atoms with van der Waals surface area (Å²) in [6.45, 7) is 1.25. The molecule has 0 aliphatic carbocycles. The third kappa shape index (κ3) is 6.54. The predicted octanol–water partition coefficient (Wildman–Crippen LogP) is 3.24. The molecule has 2 aromatic carbocycles. The molecule has 0 aromatic heterocycles. The number of alkyl halides is 3. The van der Waals surface area contributed by atoms with Gasteiger partial charge in [0, 0.05) is 12.6 Å². The smallest absolute Gasteiger partial charge is 0.355 e. The molecule has 1 amide bonds. The van der Waals surface area contributed by atoms with Gasteiger partial charge in [-0.3, -0.25) is 9.69 Å². The number of sulfonamides is 1. The van der Waals surface area contributed by atoms with E-state index in [4.69, 9.17) is 5.14 Å². The van der Waals surface area contributed by atoms with Gasteiger partial charge in [-0.2, -0.15) is 13.2 Å². The van der Waals surface area contributed by atoms with Crippen LogP contribution >= 0.6 is 0 Å². The van der Waals surface area contributed by atoms with Crippen LogP contribution in [-0.4, -0.2) is 38.9 Å². The van der Waals surface area contributed by atoms with E-state index >= 15 is 0 Å². The number of hydrogen-bond acceptors (Lipinski definition) is 4. The summed E-state index contributed by atoms with van der Waals surface area (Å²) in [6, 6.07) is 11.2. The number of piperidine rings is 1. The maximum Gasteiger partial charge on any atom is 0.416 e. The summed E-state index contributed by atoms with van der Waals surface area (Å²) in [5, 5.41) is 7.93. The van der Waals surface area contributed by atoms with E-state index in [1.54, 1.807) is 12.1 Å². The molecule has 32 heavy (non-hydrogen) atoms. The molecular formula is C22H26F3N3O3S. The molecule has 1 unspecified atom stereocenters. The largest absolute Gasteiger partial charge is 0.416 e. The minimum atomic E-state index is -4.37. The summed E-state index contributed by atoms with van der Waals surface area (Å²) in [5.74, 6) is -0.162. The van der Waals surface area contributed by atoms with Gasteiger partial charge in [-0.05, 0) is 61.2 Å². The number of amides is 1. The van der Waals surface area contributed by atoms with E-state index in [0.29, 0.717) is 19.5 Å². The summed E-state index contributed by atoms with van der Waals surface area (Å²) in [4.78, 5) is 14.5. The van der Waals surface area contributed by atoms with E-state index in [2.05, 4.69) is 5.32 Å². The third-order valence-corrected chi connectivity index (χ3v) is 6.50. The van der Waals surface area contributed by atoms with E-state index in [1.165, 1.54) is 24.3 Å². The van der Waals surface area contributed by atoms with Crippen molar-refractivity contribution < 1.29 is 26.4 Å². The molecule has 10 heteroatoms. The molecule has 0 spiro atoms. The number of benzene rings is 2. The molecule has 3 N–H and O–H groups in total. The molecule has 6 nitrogen and oxygen atoms in total. The van der Waals surface area contributed by atoms with Crippen molar-refractivity contribution in [2.45, 2.75) is 42.8 Å². The number of nitrogens with two attached hydrogens (primary N) is 1. The van der Waals surface area contributed by atoms with Crippen molar-refractivity contribution in [1.82, 2.24) is 10.2 Å². The second-order valence-corrected chi connectivity index (χ2v) is 9.45. The van der Waals surface area contributed by atoms with Gasteiger partial charge in [0.2, 0.25) is 15.9 Å². The van der Waals surface area contributed by atoms with Gasteiger partial charge in [0.05, 0.1) is 17.0 Å². The fraction of sp³-hybridized carbons (Fsp3) is 0.409. The summed E-state index contributed by atoms with van der Waals surface area (Å²) in [5.41, 5.74) is 0.956. The maximum atomic E-state index is 12.8. The molecular weight excluding hydrogens is 443 g/mol. The highest BCUT2D eigenvalue weighted by molar-refractivity contribution is 7.89. The van der Waals surface area contributed by atoms with Crippen LogP contribution in [0.3, 0.4) is 0 Å². The molecule has 1 atom stereocenters. The molecule has 174 valence electrons. The van der Waals surface area contributed by atoms with Crippen LogP contribution < -0.4 is 10.5 Å². The number of hydrogen-bond donors (Lipinski definition) is 2.